The van der Waals surface area contributed by atoms with E-state index in [-0.39, 0.29) is 22.1 Å². The fourth-order valence-electron chi connectivity index (χ4n) is 3.30. The SMILES string of the molecule is COc1cc([N+](=O)[O-])c(OC)cc1NC(=O)C(C(=O)C(C)(C)C)N(C(=O)C(F)(F)F)c1cc(Cl)c(O)c(Cl)c1. The molecule has 0 bridgehead atoms. The molecule has 0 fully saturated rings. The Bertz CT molecular complexity index is 1310. The van der Waals surface area contributed by atoms with Crippen molar-refractivity contribution in [2.45, 2.75) is 33.0 Å². The zero-order chi connectivity index (χ0) is 30.0. The van der Waals surface area contributed by atoms with Crippen LogP contribution in [0, 0.1) is 15.5 Å². The minimum Gasteiger partial charge on any atom is -0.505 e. The van der Waals surface area contributed by atoms with Crippen molar-refractivity contribution in [3.8, 4) is 17.2 Å². The van der Waals surface area contributed by atoms with Crippen molar-refractivity contribution < 1.29 is 47.1 Å². The number of hydrogen-bond acceptors (Lipinski definition) is 8. The predicted molar refractivity (Wildman–Crippen MR) is 135 cm³/mol. The van der Waals surface area contributed by atoms with E-state index in [1.807, 2.05) is 0 Å². The van der Waals surface area contributed by atoms with E-state index < -0.39 is 67.3 Å². The number of anilines is 2. The first kappa shape index (κ1) is 31.4. The molecule has 2 aromatic rings. The lowest BCUT2D eigenvalue weighted by Gasteiger charge is -2.34. The van der Waals surface area contributed by atoms with E-state index in [9.17, 15) is 42.8 Å². The van der Waals surface area contributed by atoms with Crippen LogP contribution in [-0.2, 0) is 14.4 Å². The van der Waals surface area contributed by atoms with Crippen LogP contribution in [0.2, 0.25) is 10.0 Å². The van der Waals surface area contributed by atoms with Gasteiger partial charge in [-0.2, -0.15) is 13.2 Å². The maximum Gasteiger partial charge on any atom is 0.471 e. The number of benzene rings is 2. The summed E-state index contributed by atoms with van der Waals surface area (Å²) >= 11 is 11.7. The van der Waals surface area contributed by atoms with E-state index in [2.05, 4.69) is 5.32 Å². The number of ketones is 1. The van der Waals surface area contributed by atoms with Gasteiger partial charge in [0, 0.05) is 17.2 Å². The van der Waals surface area contributed by atoms with E-state index in [1.54, 1.807) is 0 Å². The number of nitrogens with one attached hydrogen (secondary N) is 1. The number of phenolic OH excluding ortho intramolecular Hbond substituents is 1. The number of ether oxygens (including phenoxy) is 2. The zero-order valence-corrected chi connectivity index (χ0v) is 22.5. The molecule has 0 aliphatic carbocycles. The first-order chi connectivity index (χ1) is 17.8. The van der Waals surface area contributed by atoms with Gasteiger partial charge in [-0.25, -0.2) is 0 Å². The van der Waals surface area contributed by atoms with Crippen molar-refractivity contribution in [3.05, 3.63) is 44.4 Å². The van der Waals surface area contributed by atoms with Crippen molar-refractivity contribution in [1.82, 2.24) is 0 Å². The molecule has 0 spiro atoms. The standard InChI is InChI=1S/C23H22Cl2F3N3O8/c1-22(2,3)19(33)17(20(34)29-13-8-16(39-5)14(31(36)37)9-15(13)38-4)30(21(35)23(26,27)28)10-6-11(24)18(32)12(25)7-10/h6-9,17,32H,1-5H3,(H,29,34). The number of carbonyl (C=O) groups excluding carboxylic acids is 3. The molecular weight excluding hydrogens is 574 g/mol. The molecule has 0 aliphatic heterocycles. The highest BCUT2D eigenvalue weighted by atomic mass is 35.5. The largest absolute Gasteiger partial charge is 0.505 e. The molecule has 0 saturated carbocycles. The number of Topliss-reactive ketones (excluding diaryl/α,β-unsaturated/α-hetero) is 1. The van der Waals surface area contributed by atoms with Gasteiger partial charge in [0.05, 0.1) is 40.9 Å². The topological polar surface area (TPSA) is 148 Å². The average Bonchev–Trinajstić information content (AvgIpc) is 2.82. The Balaban J connectivity index is 2.81. The molecular formula is C23H22Cl2F3N3O8. The van der Waals surface area contributed by atoms with Crippen molar-refractivity contribution in [2.24, 2.45) is 5.41 Å². The van der Waals surface area contributed by atoms with Gasteiger partial charge in [0.1, 0.15) is 5.75 Å². The van der Waals surface area contributed by atoms with Crippen molar-refractivity contribution >= 4 is 57.9 Å². The number of nitro benzene ring substituents is 1. The van der Waals surface area contributed by atoms with E-state index in [4.69, 9.17) is 32.7 Å². The van der Waals surface area contributed by atoms with Crippen LogP contribution < -0.4 is 19.7 Å². The molecule has 0 radical (unpaired) electrons. The van der Waals surface area contributed by atoms with E-state index in [1.165, 1.54) is 20.8 Å². The Morgan fingerprint density at radius 1 is 1.03 bits per heavy atom. The van der Waals surface area contributed by atoms with Crippen LogP contribution in [0.15, 0.2) is 24.3 Å². The summed E-state index contributed by atoms with van der Waals surface area (Å²) in [6.07, 6.45) is -5.58. The number of rotatable bonds is 8. The Kier molecular flexibility index (Phi) is 9.30. The van der Waals surface area contributed by atoms with Crippen LogP contribution in [0.3, 0.4) is 0 Å². The van der Waals surface area contributed by atoms with Crippen molar-refractivity contribution in [3.63, 3.8) is 0 Å². The van der Waals surface area contributed by atoms with Gasteiger partial charge in [0.25, 0.3) is 5.91 Å². The number of phenols is 1. The minimum atomic E-state index is -5.58. The van der Waals surface area contributed by atoms with Gasteiger partial charge in [-0.1, -0.05) is 44.0 Å². The second kappa shape index (κ2) is 11.5. The summed E-state index contributed by atoms with van der Waals surface area (Å²) in [6.45, 7) is 3.91. The second-order valence-corrected chi connectivity index (χ2v) is 9.73. The summed E-state index contributed by atoms with van der Waals surface area (Å²) in [4.78, 5) is 50.0. The summed E-state index contributed by atoms with van der Waals surface area (Å²) in [6, 6.07) is 0.808. The summed E-state index contributed by atoms with van der Waals surface area (Å²) in [5.74, 6) is -6.57. The average molecular weight is 596 g/mol. The Morgan fingerprint density at radius 3 is 1.95 bits per heavy atom. The number of nitrogens with zero attached hydrogens (tertiary/aromatic N) is 2. The lowest BCUT2D eigenvalue weighted by molar-refractivity contribution is -0.385. The molecule has 0 heterocycles. The molecule has 2 aromatic carbocycles. The number of nitro groups is 1. The summed E-state index contributed by atoms with van der Waals surface area (Å²) < 4.78 is 51.3. The third-order valence-corrected chi connectivity index (χ3v) is 5.77. The maximum absolute atomic E-state index is 13.8. The van der Waals surface area contributed by atoms with E-state index in [0.717, 1.165) is 38.5 Å². The van der Waals surface area contributed by atoms with Crippen LogP contribution in [0.25, 0.3) is 0 Å². The molecule has 2 rings (SSSR count). The first-order valence-electron chi connectivity index (χ1n) is 10.7. The fraction of sp³-hybridized carbons (Fsp3) is 0.348. The fourth-order valence-corrected chi connectivity index (χ4v) is 3.77. The normalized spacial score (nSPS) is 12.4. The maximum atomic E-state index is 13.8. The molecule has 0 saturated heterocycles. The molecule has 11 nitrogen and oxygen atoms in total. The minimum absolute atomic E-state index is 0.144. The highest BCUT2D eigenvalue weighted by Crippen LogP contribution is 2.40. The van der Waals surface area contributed by atoms with Gasteiger partial charge >= 0.3 is 17.8 Å². The molecule has 0 aliphatic rings. The molecule has 39 heavy (non-hydrogen) atoms. The third kappa shape index (κ3) is 6.81. The monoisotopic (exact) mass is 595 g/mol. The van der Waals surface area contributed by atoms with Gasteiger partial charge in [0.2, 0.25) is 0 Å². The lowest BCUT2D eigenvalue weighted by Crippen LogP contribution is -2.58. The number of carbonyl (C=O) groups is 3. The highest BCUT2D eigenvalue weighted by molar-refractivity contribution is 6.37. The predicted octanol–water partition coefficient (Wildman–Crippen LogP) is 5.14. The van der Waals surface area contributed by atoms with Crippen LogP contribution in [0.5, 0.6) is 17.2 Å². The van der Waals surface area contributed by atoms with Crippen LogP contribution >= 0.6 is 23.2 Å². The Morgan fingerprint density at radius 2 is 1.54 bits per heavy atom. The second-order valence-electron chi connectivity index (χ2n) is 8.92. The highest BCUT2D eigenvalue weighted by Gasteiger charge is 2.51. The summed E-state index contributed by atoms with van der Waals surface area (Å²) in [5.41, 5.74) is -3.08. The molecule has 16 heteroatoms. The van der Waals surface area contributed by atoms with Gasteiger partial charge in [0.15, 0.2) is 23.3 Å². The molecule has 0 aromatic heterocycles. The lowest BCUT2D eigenvalue weighted by atomic mass is 9.85. The molecule has 212 valence electrons. The third-order valence-electron chi connectivity index (χ3n) is 5.19. The first-order valence-corrected chi connectivity index (χ1v) is 11.4. The van der Waals surface area contributed by atoms with Gasteiger partial charge in [-0.05, 0) is 12.1 Å². The number of aromatic hydroxyl groups is 1. The van der Waals surface area contributed by atoms with E-state index in [0.29, 0.717) is 0 Å². The quantitative estimate of drug-likeness (QED) is 0.242. The van der Waals surface area contributed by atoms with Gasteiger partial charge in [-0.3, -0.25) is 29.4 Å². The molecule has 2 amide bonds. The zero-order valence-electron chi connectivity index (χ0n) is 21.0. The summed E-state index contributed by atoms with van der Waals surface area (Å²) in [5, 5.41) is 22.2. The number of methoxy groups -OCH3 is 2. The molecule has 1 unspecified atom stereocenters. The Labute approximate surface area is 229 Å². The number of halogens is 5. The van der Waals surface area contributed by atoms with Crippen molar-refractivity contribution in [2.75, 3.05) is 24.4 Å². The van der Waals surface area contributed by atoms with Crippen LogP contribution in [-0.4, -0.2) is 54.1 Å². The Hall–Kier alpha value is -3.78. The molecule has 2 N–H and O–H groups in total. The summed E-state index contributed by atoms with van der Waals surface area (Å²) in [7, 11) is 2.19. The smallest absolute Gasteiger partial charge is 0.471 e. The molecule has 1 atom stereocenters. The number of amides is 2. The van der Waals surface area contributed by atoms with Crippen LogP contribution in [0.1, 0.15) is 20.8 Å². The number of hydrogen-bond donors (Lipinski definition) is 2. The van der Waals surface area contributed by atoms with Crippen LogP contribution in [0.4, 0.5) is 30.2 Å². The van der Waals surface area contributed by atoms with Gasteiger partial charge in [-0.15, -0.1) is 0 Å². The van der Waals surface area contributed by atoms with E-state index >= 15 is 0 Å². The van der Waals surface area contributed by atoms with Gasteiger partial charge < -0.3 is 19.9 Å². The number of alkyl halides is 3. The van der Waals surface area contributed by atoms with Crippen molar-refractivity contribution in [1.29, 1.82) is 0 Å².